The number of sulfonamides is 1. The molecule has 0 bridgehead atoms. The highest BCUT2D eigenvalue weighted by Gasteiger charge is 2.31. The third-order valence-corrected chi connectivity index (χ3v) is 7.49. The van der Waals surface area contributed by atoms with Crippen LogP contribution >= 0.6 is 0 Å². The van der Waals surface area contributed by atoms with Gasteiger partial charge in [-0.3, -0.25) is 9.78 Å². The van der Waals surface area contributed by atoms with Crippen LogP contribution in [0.15, 0.2) is 64.3 Å². The van der Waals surface area contributed by atoms with Crippen molar-refractivity contribution in [1.29, 1.82) is 0 Å². The zero-order valence-electron chi connectivity index (χ0n) is 18.4. The molecule has 168 valence electrons. The van der Waals surface area contributed by atoms with Gasteiger partial charge >= 0.3 is 0 Å². The van der Waals surface area contributed by atoms with Gasteiger partial charge in [0.15, 0.2) is 11.5 Å². The molecule has 0 spiro atoms. The third-order valence-electron chi connectivity index (χ3n) is 5.58. The van der Waals surface area contributed by atoms with Gasteiger partial charge in [0, 0.05) is 50.2 Å². The maximum atomic E-state index is 13.0. The van der Waals surface area contributed by atoms with Gasteiger partial charge in [-0.25, -0.2) is 8.42 Å². The predicted octanol–water partition coefficient (Wildman–Crippen LogP) is 3.18. The van der Waals surface area contributed by atoms with Crippen LogP contribution < -0.4 is 0 Å². The standard InChI is InChI=1S/C23H26N4O4S/c1-23(2,3)18-4-6-19(7-5-18)32(29,30)27-14-12-26(13-15-27)22(28)20-16-21(31-25-20)17-8-10-24-11-9-17/h4-11,16H,12-15H2,1-3H3. The molecule has 9 heteroatoms. The monoisotopic (exact) mass is 454 g/mol. The lowest BCUT2D eigenvalue weighted by molar-refractivity contribution is 0.0687. The molecule has 1 aliphatic heterocycles. The van der Waals surface area contributed by atoms with Crippen molar-refractivity contribution in [3.8, 4) is 11.3 Å². The molecule has 0 saturated carbocycles. The van der Waals surface area contributed by atoms with E-state index in [4.69, 9.17) is 4.52 Å². The van der Waals surface area contributed by atoms with Crippen molar-refractivity contribution in [2.75, 3.05) is 26.2 Å². The SMILES string of the molecule is CC(C)(C)c1ccc(S(=O)(=O)N2CCN(C(=O)c3cc(-c4ccncc4)on3)CC2)cc1. The normalized spacial score (nSPS) is 15.7. The average molecular weight is 455 g/mol. The lowest BCUT2D eigenvalue weighted by atomic mass is 9.87. The second kappa shape index (κ2) is 8.48. The molecular formula is C23H26N4O4S. The van der Waals surface area contributed by atoms with Crippen molar-refractivity contribution >= 4 is 15.9 Å². The van der Waals surface area contributed by atoms with Crippen LogP contribution in [-0.4, -0.2) is 59.8 Å². The molecule has 32 heavy (non-hydrogen) atoms. The lowest BCUT2D eigenvalue weighted by Gasteiger charge is -2.33. The maximum absolute atomic E-state index is 13.0. The number of benzene rings is 1. The van der Waals surface area contributed by atoms with Gasteiger partial charge in [0.05, 0.1) is 4.90 Å². The van der Waals surface area contributed by atoms with E-state index in [1.165, 1.54) is 4.31 Å². The van der Waals surface area contributed by atoms with Gasteiger partial charge in [-0.2, -0.15) is 4.31 Å². The number of nitrogens with zero attached hydrogens (tertiary/aromatic N) is 4. The highest BCUT2D eigenvalue weighted by molar-refractivity contribution is 7.89. The third kappa shape index (κ3) is 4.44. The van der Waals surface area contributed by atoms with Crippen molar-refractivity contribution in [3.05, 3.63) is 66.1 Å². The molecule has 3 aromatic rings. The number of carbonyl (C=O) groups is 1. The fourth-order valence-corrected chi connectivity index (χ4v) is 5.02. The Morgan fingerprint density at radius 1 is 0.969 bits per heavy atom. The number of hydrogen-bond donors (Lipinski definition) is 0. The van der Waals surface area contributed by atoms with E-state index >= 15 is 0 Å². The number of piperazine rings is 1. The average Bonchev–Trinajstić information content (AvgIpc) is 3.29. The van der Waals surface area contributed by atoms with E-state index in [0.717, 1.165) is 11.1 Å². The summed E-state index contributed by atoms with van der Waals surface area (Å²) in [6, 6.07) is 12.2. The number of carbonyl (C=O) groups excluding carboxylic acids is 1. The van der Waals surface area contributed by atoms with Gasteiger partial charge in [-0.05, 0) is 35.2 Å². The van der Waals surface area contributed by atoms with Crippen molar-refractivity contribution in [1.82, 2.24) is 19.3 Å². The van der Waals surface area contributed by atoms with Crippen LogP contribution in [0.5, 0.6) is 0 Å². The topological polar surface area (TPSA) is 96.6 Å². The van der Waals surface area contributed by atoms with Crippen molar-refractivity contribution < 1.29 is 17.7 Å². The summed E-state index contributed by atoms with van der Waals surface area (Å²) in [4.78, 5) is 18.7. The smallest absolute Gasteiger partial charge is 0.276 e. The number of amides is 1. The summed E-state index contributed by atoms with van der Waals surface area (Å²) in [5.41, 5.74) is 2.00. The summed E-state index contributed by atoms with van der Waals surface area (Å²) < 4.78 is 32.8. The van der Waals surface area contributed by atoms with Gasteiger partial charge < -0.3 is 9.42 Å². The predicted molar refractivity (Wildman–Crippen MR) is 120 cm³/mol. The van der Waals surface area contributed by atoms with Gasteiger partial charge in [-0.1, -0.05) is 38.1 Å². The fraction of sp³-hybridized carbons (Fsp3) is 0.348. The van der Waals surface area contributed by atoms with Crippen molar-refractivity contribution in [2.45, 2.75) is 31.1 Å². The Labute approximate surface area is 187 Å². The van der Waals surface area contributed by atoms with Crippen LogP contribution in [0, 0.1) is 0 Å². The fourth-order valence-electron chi connectivity index (χ4n) is 3.60. The van der Waals surface area contributed by atoms with Gasteiger partial charge in [0.2, 0.25) is 10.0 Å². The van der Waals surface area contributed by atoms with Gasteiger partial charge in [0.25, 0.3) is 5.91 Å². The molecule has 0 aliphatic carbocycles. The van der Waals surface area contributed by atoms with Crippen molar-refractivity contribution in [3.63, 3.8) is 0 Å². The van der Waals surface area contributed by atoms with Crippen LogP contribution in [0.4, 0.5) is 0 Å². The molecule has 1 amide bonds. The molecule has 4 rings (SSSR count). The first kappa shape index (κ1) is 22.2. The molecule has 1 aliphatic rings. The van der Waals surface area contributed by atoms with E-state index in [-0.39, 0.29) is 48.1 Å². The molecule has 0 atom stereocenters. The molecule has 2 aromatic heterocycles. The Morgan fingerprint density at radius 2 is 1.59 bits per heavy atom. The first-order chi connectivity index (χ1) is 15.2. The Hall–Kier alpha value is -3.04. The summed E-state index contributed by atoms with van der Waals surface area (Å²) in [5.74, 6) is 0.205. The first-order valence-electron chi connectivity index (χ1n) is 10.4. The highest BCUT2D eigenvalue weighted by Crippen LogP contribution is 2.25. The van der Waals surface area contributed by atoms with Gasteiger partial charge in [0.1, 0.15) is 0 Å². The quantitative estimate of drug-likeness (QED) is 0.601. The molecule has 0 radical (unpaired) electrons. The van der Waals surface area contributed by atoms with E-state index in [1.807, 2.05) is 12.1 Å². The van der Waals surface area contributed by atoms with Crippen molar-refractivity contribution in [2.24, 2.45) is 0 Å². The Morgan fingerprint density at radius 3 is 2.19 bits per heavy atom. The number of aromatic nitrogens is 2. The molecule has 0 N–H and O–H groups in total. The first-order valence-corrected chi connectivity index (χ1v) is 11.9. The zero-order chi connectivity index (χ0) is 22.9. The molecule has 1 fully saturated rings. The number of hydrogen-bond acceptors (Lipinski definition) is 6. The van der Waals surface area contributed by atoms with Crippen LogP contribution in [0.25, 0.3) is 11.3 Å². The second-order valence-electron chi connectivity index (χ2n) is 8.78. The van der Waals surface area contributed by atoms with Crippen LogP contribution in [0.1, 0.15) is 36.8 Å². The summed E-state index contributed by atoms with van der Waals surface area (Å²) in [7, 11) is -3.61. The van der Waals surface area contributed by atoms with Gasteiger partial charge in [-0.15, -0.1) is 0 Å². The molecular weight excluding hydrogens is 428 g/mol. The lowest BCUT2D eigenvalue weighted by Crippen LogP contribution is -2.50. The molecule has 0 unspecified atom stereocenters. The Bertz CT molecular complexity index is 1190. The molecule has 3 heterocycles. The Kier molecular flexibility index (Phi) is 5.87. The molecule has 8 nitrogen and oxygen atoms in total. The largest absolute Gasteiger partial charge is 0.355 e. The van der Waals surface area contributed by atoms with Crippen LogP contribution in [0.2, 0.25) is 0 Å². The summed E-state index contributed by atoms with van der Waals surface area (Å²) >= 11 is 0. The maximum Gasteiger partial charge on any atom is 0.276 e. The summed E-state index contributed by atoms with van der Waals surface area (Å²) in [6.45, 7) is 7.28. The molecule has 1 saturated heterocycles. The van der Waals surface area contributed by atoms with E-state index in [2.05, 4.69) is 30.9 Å². The van der Waals surface area contributed by atoms with E-state index < -0.39 is 10.0 Å². The van der Waals surface area contributed by atoms with E-state index in [1.54, 1.807) is 47.6 Å². The second-order valence-corrected chi connectivity index (χ2v) is 10.7. The number of pyridine rings is 1. The minimum atomic E-state index is -3.61. The van der Waals surface area contributed by atoms with Crippen LogP contribution in [-0.2, 0) is 15.4 Å². The molecule has 1 aromatic carbocycles. The van der Waals surface area contributed by atoms with Crippen LogP contribution in [0.3, 0.4) is 0 Å². The minimum Gasteiger partial charge on any atom is -0.355 e. The highest BCUT2D eigenvalue weighted by atomic mass is 32.2. The number of rotatable bonds is 4. The zero-order valence-corrected chi connectivity index (χ0v) is 19.2. The summed E-state index contributed by atoms with van der Waals surface area (Å²) in [6.07, 6.45) is 3.27. The van der Waals surface area contributed by atoms with E-state index in [0.29, 0.717) is 5.76 Å². The van der Waals surface area contributed by atoms with E-state index in [9.17, 15) is 13.2 Å². The Balaban J connectivity index is 1.41. The minimum absolute atomic E-state index is 0.0489. The summed E-state index contributed by atoms with van der Waals surface area (Å²) in [5, 5.41) is 3.89.